The monoisotopic (exact) mass is 321 g/mol. The lowest BCUT2D eigenvalue weighted by Gasteiger charge is -1.90. The van der Waals surface area contributed by atoms with E-state index in [0.29, 0.717) is 21.7 Å². The molecule has 0 saturated heterocycles. The third-order valence-electron chi connectivity index (χ3n) is 2.53. The topological polar surface area (TPSA) is 43.1 Å². The summed E-state index contributed by atoms with van der Waals surface area (Å²) >= 11 is 4.73. The van der Waals surface area contributed by atoms with Gasteiger partial charge in [0.05, 0.1) is 8.66 Å². The molecule has 0 spiro atoms. The molecule has 0 aromatic carbocycles. The summed E-state index contributed by atoms with van der Waals surface area (Å²) < 4.78 is 6.45. The fourth-order valence-corrected chi connectivity index (χ4v) is 3.03. The summed E-state index contributed by atoms with van der Waals surface area (Å²) in [5.74, 6) is 0.221. The van der Waals surface area contributed by atoms with E-state index in [1.165, 1.54) is 11.3 Å². The van der Waals surface area contributed by atoms with Gasteiger partial charge >= 0.3 is 0 Å². The number of aryl methyl sites for hydroxylation is 1. The van der Waals surface area contributed by atoms with E-state index in [0.717, 1.165) is 9.48 Å². The highest BCUT2D eigenvalue weighted by Crippen LogP contribution is 2.26. The number of carbonyl (C=O) groups is 1. The van der Waals surface area contributed by atoms with E-state index in [-0.39, 0.29) is 5.78 Å². The van der Waals surface area contributed by atoms with Gasteiger partial charge in [0, 0.05) is 11.8 Å². The van der Waals surface area contributed by atoms with Crippen molar-refractivity contribution in [3.63, 3.8) is 0 Å². The van der Waals surface area contributed by atoms with Crippen LogP contribution < -0.4 is 0 Å². The number of carbonyl (C=O) groups excluding carboxylic acids is 1. The highest BCUT2D eigenvalue weighted by Gasteiger charge is 2.16. The summed E-state index contributed by atoms with van der Waals surface area (Å²) in [5.41, 5.74) is 2.26. The molecule has 0 aliphatic heterocycles. The van der Waals surface area contributed by atoms with E-state index < -0.39 is 0 Å². The van der Waals surface area contributed by atoms with Crippen LogP contribution in [0.1, 0.15) is 21.1 Å². The van der Waals surface area contributed by atoms with E-state index in [1.807, 2.05) is 25.1 Å². The third-order valence-corrected chi connectivity index (χ3v) is 4.16. The van der Waals surface area contributed by atoms with Gasteiger partial charge in [0.25, 0.3) is 0 Å². The molecule has 0 aliphatic carbocycles. The van der Waals surface area contributed by atoms with Gasteiger partial charge in [0.15, 0.2) is 11.3 Å². The maximum atomic E-state index is 12.2. The second-order valence-electron chi connectivity index (χ2n) is 3.88. The first-order chi connectivity index (χ1) is 8.63. The largest absolute Gasteiger partial charge is 0.451 e. The highest BCUT2D eigenvalue weighted by molar-refractivity contribution is 9.11. The van der Waals surface area contributed by atoms with Crippen molar-refractivity contribution in [1.29, 1.82) is 0 Å². The van der Waals surface area contributed by atoms with E-state index in [9.17, 15) is 4.79 Å². The lowest BCUT2D eigenvalue weighted by atomic mass is 10.2. The summed E-state index contributed by atoms with van der Waals surface area (Å²) in [6.07, 6.45) is 0. The number of fused-ring (bicyclic) bond motifs is 1. The smallest absolute Gasteiger partial charge is 0.238 e. The van der Waals surface area contributed by atoms with Crippen LogP contribution in [0.2, 0.25) is 0 Å². The normalized spacial score (nSPS) is 11.0. The fraction of sp³-hybridized carbons (Fsp3) is 0.0769. The van der Waals surface area contributed by atoms with E-state index in [2.05, 4.69) is 20.9 Å². The van der Waals surface area contributed by atoms with E-state index in [4.69, 9.17) is 4.42 Å². The van der Waals surface area contributed by atoms with Crippen LogP contribution in [0.25, 0.3) is 11.1 Å². The molecule has 0 amide bonds. The minimum absolute atomic E-state index is 0.110. The Morgan fingerprint density at radius 1 is 1.33 bits per heavy atom. The zero-order chi connectivity index (χ0) is 12.7. The first-order valence-electron chi connectivity index (χ1n) is 5.31. The van der Waals surface area contributed by atoms with Crippen LogP contribution in [-0.2, 0) is 0 Å². The van der Waals surface area contributed by atoms with Crippen LogP contribution in [-0.4, -0.2) is 10.8 Å². The summed E-state index contributed by atoms with van der Waals surface area (Å²) in [5, 5.41) is 0. The molecule has 0 radical (unpaired) electrons. The molecular formula is C13H8BrNO2S. The van der Waals surface area contributed by atoms with Gasteiger partial charge in [0.1, 0.15) is 5.52 Å². The van der Waals surface area contributed by atoms with Crippen LogP contribution in [0.15, 0.2) is 38.5 Å². The molecular weight excluding hydrogens is 314 g/mol. The van der Waals surface area contributed by atoms with Crippen LogP contribution in [0.4, 0.5) is 0 Å². The van der Waals surface area contributed by atoms with Crippen molar-refractivity contribution in [1.82, 2.24) is 4.98 Å². The second kappa shape index (κ2) is 4.33. The van der Waals surface area contributed by atoms with Crippen LogP contribution >= 0.6 is 27.3 Å². The first kappa shape index (κ1) is 11.6. The number of ketones is 1. The van der Waals surface area contributed by atoms with E-state index in [1.54, 1.807) is 12.1 Å². The summed E-state index contributed by atoms with van der Waals surface area (Å²) in [7, 11) is 0. The number of hydrogen-bond donors (Lipinski definition) is 0. The first-order valence-corrected chi connectivity index (χ1v) is 6.92. The fourth-order valence-electron chi connectivity index (χ4n) is 1.70. The Balaban J connectivity index is 2.06. The summed E-state index contributed by atoms with van der Waals surface area (Å²) in [6.45, 7) is 1.91. The lowest BCUT2D eigenvalue weighted by Crippen LogP contribution is -1.95. The number of hydrogen-bond acceptors (Lipinski definition) is 4. The van der Waals surface area contributed by atoms with Gasteiger partial charge in [-0.1, -0.05) is 0 Å². The van der Waals surface area contributed by atoms with Crippen LogP contribution in [0.3, 0.4) is 0 Å². The number of halogens is 1. The Morgan fingerprint density at radius 3 is 2.89 bits per heavy atom. The van der Waals surface area contributed by atoms with Crippen molar-refractivity contribution < 1.29 is 9.21 Å². The van der Waals surface area contributed by atoms with Crippen molar-refractivity contribution in [2.75, 3.05) is 0 Å². The molecule has 3 rings (SSSR count). The van der Waals surface area contributed by atoms with E-state index >= 15 is 0 Å². The molecule has 0 atom stereocenters. The quantitative estimate of drug-likeness (QED) is 0.664. The molecule has 90 valence electrons. The molecule has 3 aromatic heterocycles. The van der Waals surface area contributed by atoms with Crippen LogP contribution in [0.5, 0.6) is 0 Å². The minimum Gasteiger partial charge on any atom is -0.451 e. The van der Waals surface area contributed by atoms with Gasteiger partial charge in [-0.25, -0.2) is 4.98 Å². The molecule has 3 heterocycles. The Hall–Kier alpha value is -1.46. The maximum Gasteiger partial charge on any atom is 0.238 e. The number of rotatable bonds is 2. The van der Waals surface area contributed by atoms with Crippen molar-refractivity contribution in [2.45, 2.75) is 6.92 Å². The average molecular weight is 322 g/mol. The molecule has 0 saturated carbocycles. The lowest BCUT2D eigenvalue weighted by molar-refractivity contribution is 0.101. The highest BCUT2D eigenvalue weighted by atomic mass is 79.9. The zero-order valence-corrected chi connectivity index (χ0v) is 11.8. The van der Waals surface area contributed by atoms with Gasteiger partial charge in [-0.2, -0.15) is 0 Å². The predicted molar refractivity (Wildman–Crippen MR) is 74.2 cm³/mol. The van der Waals surface area contributed by atoms with Crippen molar-refractivity contribution >= 4 is 44.1 Å². The molecule has 18 heavy (non-hydrogen) atoms. The van der Waals surface area contributed by atoms with Crippen molar-refractivity contribution in [3.05, 3.63) is 50.4 Å². The Labute approximate surface area is 116 Å². The number of pyridine rings is 1. The molecule has 0 N–H and O–H groups in total. The van der Waals surface area contributed by atoms with Gasteiger partial charge in [-0.05, 0) is 47.1 Å². The van der Waals surface area contributed by atoms with Crippen molar-refractivity contribution in [2.24, 2.45) is 0 Å². The van der Waals surface area contributed by atoms with Gasteiger partial charge < -0.3 is 4.42 Å². The Bertz CT molecular complexity index is 744. The molecule has 0 unspecified atom stereocenters. The molecule has 3 nitrogen and oxygen atoms in total. The standard InChI is InChI=1S/C13H8BrNO2S/c1-7-2-3-9-8(15-7)6-10(17-9)13(16)11-4-5-12(14)18-11/h2-6H,1H3. The summed E-state index contributed by atoms with van der Waals surface area (Å²) in [4.78, 5) is 17.2. The number of nitrogens with zero attached hydrogens (tertiary/aromatic N) is 1. The number of aromatic nitrogens is 1. The molecule has 5 heteroatoms. The second-order valence-corrected chi connectivity index (χ2v) is 6.34. The SMILES string of the molecule is Cc1ccc2oc(C(=O)c3ccc(Br)s3)cc2n1. The molecule has 3 aromatic rings. The van der Waals surface area contributed by atoms with Gasteiger partial charge in [-0.3, -0.25) is 4.79 Å². The van der Waals surface area contributed by atoms with Gasteiger partial charge in [0.2, 0.25) is 5.78 Å². The maximum absolute atomic E-state index is 12.2. The number of furan rings is 1. The Morgan fingerprint density at radius 2 is 2.17 bits per heavy atom. The minimum atomic E-state index is -0.110. The van der Waals surface area contributed by atoms with Crippen LogP contribution in [0, 0.1) is 6.92 Å². The Kier molecular flexibility index (Phi) is 2.80. The molecule has 0 aliphatic rings. The third kappa shape index (κ3) is 2.00. The van der Waals surface area contributed by atoms with Crippen molar-refractivity contribution in [3.8, 4) is 0 Å². The average Bonchev–Trinajstić information content (AvgIpc) is 2.93. The molecule has 0 bridgehead atoms. The predicted octanol–water partition coefficient (Wildman–Crippen LogP) is 4.19. The number of thiophene rings is 1. The molecule has 0 fully saturated rings. The zero-order valence-electron chi connectivity index (χ0n) is 9.44. The van der Waals surface area contributed by atoms with Gasteiger partial charge in [-0.15, -0.1) is 11.3 Å². The summed E-state index contributed by atoms with van der Waals surface area (Å²) in [6, 6.07) is 9.02.